The molecule has 7 nitrogen and oxygen atoms in total. The molecule has 0 unspecified atom stereocenters. The third-order valence-corrected chi connectivity index (χ3v) is 4.48. The number of carbonyl (C=O) groups is 2. The summed E-state index contributed by atoms with van der Waals surface area (Å²) in [6.45, 7) is 0. The molecule has 3 amide bonds. The van der Waals surface area contributed by atoms with Gasteiger partial charge >= 0.3 is 6.03 Å². The Morgan fingerprint density at radius 3 is 2.80 bits per heavy atom. The van der Waals surface area contributed by atoms with Crippen LogP contribution < -0.4 is 16.4 Å². The first-order valence-corrected chi connectivity index (χ1v) is 8.49. The molecule has 0 aliphatic heterocycles. The van der Waals surface area contributed by atoms with Crippen LogP contribution in [0.5, 0.6) is 0 Å². The van der Waals surface area contributed by atoms with Crippen molar-refractivity contribution in [1.29, 1.82) is 0 Å². The van der Waals surface area contributed by atoms with Crippen molar-refractivity contribution in [1.82, 2.24) is 15.1 Å². The van der Waals surface area contributed by atoms with Crippen LogP contribution in [0.4, 0.5) is 10.5 Å². The fraction of sp³-hybridized carbons (Fsp3) is 0.118. The van der Waals surface area contributed by atoms with E-state index >= 15 is 0 Å². The first-order valence-electron chi connectivity index (χ1n) is 7.61. The molecule has 0 spiro atoms. The largest absolute Gasteiger partial charge is 0.352 e. The van der Waals surface area contributed by atoms with Gasteiger partial charge in [0, 0.05) is 23.0 Å². The number of hydrogen-bond acceptors (Lipinski definition) is 4. The van der Waals surface area contributed by atoms with Crippen LogP contribution >= 0.6 is 11.3 Å². The number of nitrogens with one attached hydrogen (secondary N) is 2. The summed E-state index contributed by atoms with van der Waals surface area (Å²) in [5, 5.41) is 11.5. The number of urea groups is 1. The van der Waals surface area contributed by atoms with E-state index in [2.05, 4.69) is 15.7 Å². The molecule has 1 aromatic carbocycles. The number of primary amides is 1. The predicted molar refractivity (Wildman–Crippen MR) is 96.6 cm³/mol. The molecule has 8 heteroatoms. The van der Waals surface area contributed by atoms with Crippen molar-refractivity contribution >= 4 is 29.0 Å². The fourth-order valence-corrected chi connectivity index (χ4v) is 3.21. The maximum atomic E-state index is 12.4. The Balaban J connectivity index is 1.69. The first-order chi connectivity index (χ1) is 12.1. The number of aromatic nitrogens is 2. The van der Waals surface area contributed by atoms with Crippen LogP contribution in [-0.4, -0.2) is 21.7 Å². The lowest BCUT2D eigenvalue weighted by Crippen LogP contribution is -2.34. The van der Waals surface area contributed by atoms with E-state index in [4.69, 9.17) is 5.73 Å². The third-order valence-electron chi connectivity index (χ3n) is 3.49. The number of amides is 3. The smallest absolute Gasteiger partial charge is 0.312 e. The van der Waals surface area contributed by atoms with E-state index in [1.54, 1.807) is 16.9 Å². The number of carbonyl (C=O) groups excluding carboxylic acids is 2. The number of nitrogens with two attached hydrogens (primary N) is 1. The molecule has 3 rings (SSSR count). The van der Waals surface area contributed by atoms with Crippen LogP contribution in [0.1, 0.15) is 17.3 Å². The number of hydrogen-bond donors (Lipinski definition) is 3. The van der Waals surface area contributed by atoms with Gasteiger partial charge in [-0.1, -0.05) is 12.1 Å². The zero-order valence-electron chi connectivity index (χ0n) is 13.3. The Bertz CT molecular complexity index is 846. The average Bonchev–Trinajstić information content (AvgIpc) is 3.28. The van der Waals surface area contributed by atoms with Crippen molar-refractivity contribution in [2.45, 2.75) is 12.5 Å². The van der Waals surface area contributed by atoms with E-state index in [-0.39, 0.29) is 12.3 Å². The lowest BCUT2D eigenvalue weighted by atomic mass is 10.1. The monoisotopic (exact) mass is 355 g/mol. The van der Waals surface area contributed by atoms with Crippen molar-refractivity contribution in [2.75, 3.05) is 5.32 Å². The molecule has 0 radical (unpaired) electrons. The molecule has 0 bridgehead atoms. The van der Waals surface area contributed by atoms with Gasteiger partial charge < -0.3 is 16.4 Å². The molecule has 4 N–H and O–H groups in total. The zero-order chi connectivity index (χ0) is 17.6. The van der Waals surface area contributed by atoms with E-state index < -0.39 is 12.1 Å². The van der Waals surface area contributed by atoms with Crippen LogP contribution in [0.3, 0.4) is 0 Å². The molecule has 2 aromatic heterocycles. The summed E-state index contributed by atoms with van der Waals surface area (Å²) in [5.41, 5.74) is 6.71. The van der Waals surface area contributed by atoms with Gasteiger partial charge in [0.2, 0.25) is 5.91 Å². The van der Waals surface area contributed by atoms with Crippen LogP contribution in [0.25, 0.3) is 5.69 Å². The highest BCUT2D eigenvalue weighted by Gasteiger charge is 2.18. The molecule has 3 aromatic rings. The standard InChI is InChI=1S/C17H17N5O2S/c18-17(24)21-14(15-6-2-9-25-15)11-16(23)20-12-4-1-5-13(10-12)22-8-3-7-19-22/h1-10,14H,11H2,(H,20,23)(H3,18,21,24)/t14-/m1/s1. The minimum atomic E-state index is -0.660. The zero-order valence-corrected chi connectivity index (χ0v) is 14.1. The molecule has 0 saturated carbocycles. The van der Waals surface area contributed by atoms with Gasteiger partial charge in [0.15, 0.2) is 0 Å². The molecule has 1 atom stereocenters. The number of rotatable bonds is 6. The predicted octanol–water partition coefficient (Wildman–Crippen LogP) is 2.67. The van der Waals surface area contributed by atoms with Crippen LogP contribution in [-0.2, 0) is 4.79 Å². The summed E-state index contributed by atoms with van der Waals surface area (Å²) in [6.07, 6.45) is 3.60. The van der Waals surface area contributed by atoms with Crippen molar-refractivity contribution in [3.05, 3.63) is 65.1 Å². The summed E-state index contributed by atoms with van der Waals surface area (Å²) in [5.74, 6) is -0.218. The van der Waals surface area contributed by atoms with E-state index in [9.17, 15) is 9.59 Å². The second kappa shape index (κ2) is 7.63. The number of thiophene rings is 1. The maximum absolute atomic E-state index is 12.4. The van der Waals surface area contributed by atoms with Gasteiger partial charge in [-0.2, -0.15) is 5.10 Å². The number of anilines is 1. The molecule has 0 saturated heterocycles. The van der Waals surface area contributed by atoms with Gasteiger partial charge in [-0.15, -0.1) is 11.3 Å². The Hall–Kier alpha value is -3.13. The minimum Gasteiger partial charge on any atom is -0.352 e. The summed E-state index contributed by atoms with van der Waals surface area (Å²) >= 11 is 1.46. The van der Waals surface area contributed by atoms with Crippen LogP contribution in [0, 0.1) is 0 Å². The molecule has 0 aliphatic rings. The lowest BCUT2D eigenvalue weighted by molar-refractivity contribution is -0.116. The SMILES string of the molecule is NC(=O)N[C@H](CC(=O)Nc1cccc(-n2cccn2)c1)c1cccs1. The van der Waals surface area contributed by atoms with E-state index in [0.717, 1.165) is 10.6 Å². The third kappa shape index (κ3) is 4.45. The summed E-state index contributed by atoms with van der Waals surface area (Å²) < 4.78 is 1.71. The van der Waals surface area contributed by atoms with E-state index in [1.807, 2.05) is 48.0 Å². The second-order valence-corrected chi connectivity index (χ2v) is 6.31. The lowest BCUT2D eigenvalue weighted by Gasteiger charge is -2.16. The van der Waals surface area contributed by atoms with Gasteiger partial charge in [-0.25, -0.2) is 9.48 Å². The Morgan fingerprint density at radius 2 is 2.12 bits per heavy atom. The summed E-state index contributed by atoms with van der Waals surface area (Å²) in [7, 11) is 0. The highest BCUT2D eigenvalue weighted by molar-refractivity contribution is 7.10. The molecule has 25 heavy (non-hydrogen) atoms. The average molecular weight is 355 g/mol. The Morgan fingerprint density at radius 1 is 1.24 bits per heavy atom. The summed E-state index contributed by atoms with van der Waals surface area (Å²) in [4.78, 5) is 24.4. The highest BCUT2D eigenvalue weighted by Crippen LogP contribution is 2.23. The highest BCUT2D eigenvalue weighted by atomic mass is 32.1. The molecular formula is C17H17N5O2S. The number of benzene rings is 1. The molecule has 0 aliphatic carbocycles. The van der Waals surface area contributed by atoms with Crippen LogP contribution in [0.2, 0.25) is 0 Å². The molecule has 128 valence electrons. The molecular weight excluding hydrogens is 338 g/mol. The van der Waals surface area contributed by atoms with Crippen LogP contribution in [0.15, 0.2) is 60.2 Å². The van der Waals surface area contributed by atoms with Gasteiger partial charge in [0.25, 0.3) is 0 Å². The maximum Gasteiger partial charge on any atom is 0.312 e. The van der Waals surface area contributed by atoms with Gasteiger partial charge in [0.05, 0.1) is 18.2 Å². The fourth-order valence-electron chi connectivity index (χ4n) is 2.43. The van der Waals surface area contributed by atoms with Gasteiger partial charge in [0.1, 0.15) is 0 Å². The molecule has 2 heterocycles. The Labute approximate surface area is 148 Å². The topological polar surface area (TPSA) is 102 Å². The normalized spacial score (nSPS) is 11.7. The first kappa shape index (κ1) is 16.7. The Kier molecular flexibility index (Phi) is 5.10. The van der Waals surface area contributed by atoms with Gasteiger partial charge in [-0.3, -0.25) is 4.79 Å². The summed E-state index contributed by atoms with van der Waals surface area (Å²) in [6, 6.07) is 11.8. The van der Waals surface area contributed by atoms with E-state index in [1.165, 1.54) is 11.3 Å². The van der Waals surface area contributed by atoms with E-state index in [0.29, 0.717) is 5.69 Å². The quantitative estimate of drug-likeness (QED) is 0.633. The van der Waals surface area contributed by atoms with Crippen molar-refractivity contribution in [3.63, 3.8) is 0 Å². The van der Waals surface area contributed by atoms with Gasteiger partial charge in [-0.05, 0) is 35.7 Å². The molecule has 0 fully saturated rings. The minimum absolute atomic E-state index is 0.0927. The van der Waals surface area contributed by atoms with Crippen molar-refractivity contribution in [2.24, 2.45) is 5.73 Å². The number of nitrogens with zero attached hydrogens (tertiary/aromatic N) is 2. The van der Waals surface area contributed by atoms with Crippen molar-refractivity contribution < 1.29 is 9.59 Å². The van der Waals surface area contributed by atoms with Crippen molar-refractivity contribution in [3.8, 4) is 5.69 Å². The second-order valence-electron chi connectivity index (χ2n) is 5.33.